The molecule has 3 rings (SSSR count). The molecule has 0 N–H and O–H groups in total. The first-order valence-electron chi connectivity index (χ1n) is 6.65. The molecule has 0 atom stereocenters. The minimum absolute atomic E-state index is 0.246. The maximum absolute atomic E-state index is 3.49. The van der Waals surface area contributed by atoms with Gasteiger partial charge in [0.05, 0.1) is 5.41 Å². The average molecular weight is 222 g/mol. The zero-order chi connectivity index (χ0) is 11.6. The minimum atomic E-state index is 0.246. The summed E-state index contributed by atoms with van der Waals surface area (Å²) in [6, 6.07) is 10.3. The van der Waals surface area contributed by atoms with E-state index in [2.05, 4.69) is 42.2 Å². The topological polar surface area (TPSA) is 0 Å². The lowest BCUT2D eigenvalue weighted by Crippen LogP contribution is -1.92. The Morgan fingerprint density at radius 2 is 1.71 bits per heavy atom. The molecule has 0 bridgehead atoms. The van der Waals surface area contributed by atoms with E-state index < -0.39 is 0 Å². The molecule has 0 radical (unpaired) electrons. The first-order chi connectivity index (χ1) is 8.36. The minimum Gasteiger partial charge on any atom is -0.0869 e. The Morgan fingerprint density at radius 1 is 1.00 bits per heavy atom. The standard InChI is InChI=1S/C17H18/c1-2-6-15(7-3-1)10-11-17(12-13-17)14-16-8-4-5-9-16/h1-3,6-7,14H,4-5,8-9,12-13H2. The zero-order valence-electron chi connectivity index (χ0n) is 10.2. The Labute approximate surface area is 104 Å². The zero-order valence-corrected chi connectivity index (χ0v) is 10.2. The summed E-state index contributed by atoms with van der Waals surface area (Å²) in [5.74, 6) is 6.81. The first-order valence-corrected chi connectivity index (χ1v) is 6.65. The van der Waals surface area contributed by atoms with Crippen molar-refractivity contribution in [3.05, 3.63) is 47.5 Å². The molecule has 0 spiro atoms. The molecule has 0 saturated heterocycles. The Morgan fingerprint density at radius 3 is 2.35 bits per heavy atom. The number of benzene rings is 1. The fourth-order valence-corrected chi connectivity index (χ4v) is 2.52. The summed E-state index contributed by atoms with van der Waals surface area (Å²) >= 11 is 0. The number of hydrogen-bond donors (Lipinski definition) is 0. The molecular formula is C17H18. The Hall–Kier alpha value is -1.48. The third-order valence-electron chi connectivity index (χ3n) is 3.74. The normalized spacial score (nSPS) is 20.6. The molecule has 0 nitrogen and oxygen atoms in total. The van der Waals surface area contributed by atoms with E-state index in [0.717, 1.165) is 5.56 Å². The van der Waals surface area contributed by atoms with E-state index in [1.54, 1.807) is 5.57 Å². The first kappa shape index (κ1) is 10.7. The highest BCUT2D eigenvalue weighted by Crippen LogP contribution is 2.48. The predicted molar refractivity (Wildman–Crippen MR) is 71.5 cm³/mol. The third kappa shape index (κ3) is 2.61. The summed E-state index contributed by atoms with van der Waals surface area (Å²) in [4.78, 5) is 0. The van der Waals surface area contributed by atoms with Gasteiger partial charge in [0.1, 0.15) is 0 Å². The van der Waals surface area contributed by atoms with Gasteiger partial charge in [0.2, 0.25) is 0 Å². The van der Waals surface area contributed by atoms with Gasteiger partial charge in [0, 0.05) is 5.56 Å². The van der Waals surface area contributed by atoms with E-state index in [1.165, 1.54) is 38.5 Å². The lowest BCUT2D eigenvalue weighted by atomic mass is 10.0. The van der Waals surface area contributed by atoms with Gasteiger partial charge >= 0.3 is 0 Å². The Kier molecular flexibility index (Phi) is 2.77. The van der Waals surface area contributed by atoms with Crippen molar-refractivity contribution < 1.29 is 0 Å². The van der Waals surface area contributed by atoms with Gasteiger partial charge in [0.15, 0.2) is 0 Å². The van der Waals surface area contributed by atoms with E-state index >= 15 is 0 Å². The van der Waals surface area contributed by atoms with Crippen molar-refractivity contribution >= 4 is 0 Å². The molecule has 0 aromatic heterocycles. The quantitative estimate of drug-likeness (QED) is 0.490. The monoisotopic (exact) mass is 222 g/mol. The van der Waals surface area contributed by atoms with Gasteiger partial charge in [-0.15, -0.1) is 0 Å². The summed E-state index contributed by atoms with van der Waals surface area (Å²) in [6.07, 6.45) is 10.4. The molecule has 0 heterocycles. The van der Waals surface area contributed by atoms with Crippen LogP contribution >= 0.6 is 0 Å². The van der Waals surface area contributed by atoms with Crippen LogP contribution in [0.25, 0.3) is 0 Å². The van der Waals surface area contributed by atoms with Gasteiger partial charge in [-0.25, -0.2) is 0 Å². The van der Waals surface area contributed by atoms with Crippen LogP contribution in [0.2, 0.25) is 0 Å². The van der Waals surface area contributed by atoms with E-state index in [0.29, 0.717) is 0 Å². The molecule has 2 aliphatic carbocycles. The Balaban J connectivity index is 1.77. The third-order valence-corrected chi connectivity index (χ3v) is 3.74. The van der Waals surface area contributed by atoms with Crippen molar-refractivity contribution in [2.75, 3.05) is 0 Å². The van der Waals surface area contributed by atoms with Gasteiger partial charge in [-0.2, -0.15) is 0 Å². The second-order valence-electron chi connectivity index (χ2n) is 5.28. The van der Waals surface area contributed by atoms with Crippen LogP contribution in [0, 0.1) is 17.3 Å². The molecule has 0 aliphatic heterocycles. The molecule has 1 aromatic rings. The fourth-order valence-electron chi connectivity index (χ4n) is 2.52. The number of rotatable bonds is 1. The van der Waals surface area contributed by atoms with Gasteiger partial charge < -0.3 is 0 Å². The average Bonchev–Trinajstić information content (AvgIpc) is 2.93. The summed E-state index contributed by atoms with van der Waals surface area (Å²) < 4.78 is 0. The second-order valence-corrected chi connectivity index (χ2v) is 5.28. The molecular weight excluding hydrogens is 204 g/mol. The van der Waals surface area contributed by atoms with Crippen LogP contribution in [-0.4, -0.2) is 0 Å². The van der Waals surface area contributed by atoms with E-state index in [-0.39, 0.29) is 5.41 Å². The Bertz CT molecular complexity index is 470. The maximum atomic E-state index is 3.49. The van der Waals surface area contributed by atoms with E-state index in [9.17, 15) is 0 Å². The summed E-state index contributed by atoms with van der Waals surface area (Å²) in [5.41, 5.74) is 3.05. The van der Waals surface area contributed by atoms with Crippen molar-refractivity contribution in [2.45, 2.75) is 38.5 Å². The molecule has 2 aliphatic rings. The van der Waals surface area contributed by atoms with E-state index in [4.69, 9.17) is 0 Å². The summed E-state index contributed by atoms with van der Waals surface area (Å²) in [5, 5.41) is 0. The second kappa shape index (κ2) is 4.41. The van der Waals surface area contributed by atoms with Crippen molar-refractivity contribution in [3.63, 3.8) is 0 Å². The number of allylic oxidation sites excluding steroid dienone is 2. The largest absolute Gasteiger partial charge is 0.0869 e. The van der Waals surface area contributed by atoms with E-state index in [1.807, 2.05) is 6.07 Å². The fraction of sp³-hybridized carbons (Fsp3) is 0.412. The van der Waals surface area contributed by atoms with Crippen LogP contribution < -0.4 is 0 Å². The molecule has 86 valence electrons. The predicted octanol–water partition coefficient (Wildman–Crippen LogP) is 4.32. The molecule has 0 unspecified atom stereocenters. The number of hydrogen-bond acceptors (Lipinski definition) is 0. The molecule has 0 amide bonds. The molecule has 0 heteroatoms. The van der Waals surface area contributed by atoms with Gasteiger partial charge in [-0.05, 0) is 50.7 Å². The SMILES string of the molecule is C(#CC1(C=C2CCCC2)CC1)c1ccccc1. The van der Waals surface area contributed by atoms with Crippen LogP contribution in [0.3, 0.4) is 0 Å². The highest BCUT2D eigenvalue weighted by molar-refractivity contribution is 5.40. The van der Waals surface area contributed by atoms with Crippen LogP contribution in [0.15, 0.2) is 42.0 Å². The summed E-state index contributed by atoms with van der Waals surface area (Å²) in [6.45, 7) is 0. The van der Waals surface area contributed by atoms with Crippen LogP contribution in [-0.2, 0) is 0 Å². The van der Waals surface area contributed by atoms with Crippen molar-refractivity contribution in [2.24, 2.45) is 5.41 Å². The molecule has 2 fully saturated rings. The van der Waals surface area contributed by atoms with Crippen LogP contribution in [0.5, 0.6) is 0 Å². The lowest BCUT2D eigenvalue weighted by molar-refractivity contribution is 0.868. The maximum Gasteiger partial charge on any atom is 0.0501 e. The van der Waals surface area contributed by atoms with Crippen molar-refractivity contribution in [1.29, 1.82) is 0 Å². The molecule has 1 aromatic carbocycles. The highest BCUT2D eigenvalue weighted by atomic mass is 14.4. The van der Waals surface area contributed by atoms with Crippen molar-refractivity contribution in [3.8, 4) is 11.8 Å². The highest BCUT2D eigenvalue weighted by Gasteiger charge is 2.39. The van der Waals surface area contributed by atoms with Gasteiger partial charge in [0.25, 0.3) is 0 Å². The van der Waals surface area contributed by atoms with Crippen LogP contribution in [0.1, 0.15) is 44.1 Å². The van der Waals surface area contributed by atoms with Crippen molar-refractivity contribution in [1.82, 2.24) is 0 Å². The van der Waals surface area contributed by atoms with Gasteiger partial charge in [-0.1, -0.05) is 41.7 Å². The van der Waals surface area contributed by atoms with Crippen LogP contribution in [0.4, 0.5) is 0 Å². The smallest absolute Gasteiger partial charge is 0.0501 e. The lowest BCUT2D eigenvalue weighted by Gasteiger charge is -2.02. The molecule has 17 heavy (non-hydrogen) atoms. The summed E-state index contributed by atoms with van der Waals surface area (Å²) in [7, 11) is 0. The van der Waals surface area contributed by atoms with Gasteiger partial charge in [-0.3, -0.25) is 0 Å². The molecule has 2 saturated carbocycles.